The van der Waals surface area contributed by atoms with E-state index in [2.05, 4.69) is 12.2 Å². The summed E-state index contributed by atoms with van der Waals surface area (Å²) in [5.41, 5.74) is -2.25. The number of hydrogen-bond acceptors (Lipinski definition) is 2. The Hall–Kier alpha value is -0.680. The molecule has 1 aromatic carbocycles. The molecule has 20 heavy (non-hydrogen) atoms. The topological polar surface area (TPSA) is 12.0 Å². The van der Waals surface area contributed by atoms with Crippen LogP contribution in [0.2, 0.25) is 0 Å². The molecule has 114 valence electrons. The lowest BCUT2D eigenvalue weighted by Crippen LogP contribution is -2.20. The summed E-state index contributed by atoms with van der Waals surface area (Å²) < 4.78 is 37.4. The molecular weight excluding hydrogens is 283 g/mol. The van der Waals surface area contributed by atoms with Crippen LogP contribution >= 0.6 is 11.8 Å². The number of thioether (sulfide) groups is 1. The summed E-state index contributed by atoms with van der Waals surface area (Å²) in [5, 5.41) is 3.16. The molecule has 0 bridgehead atoms. The van der Waals surface area contributed by atoms with Gasteiger partial charge in [-0.15, -0.1) is 0 Å². The molecule has 0 saturated heterocycles. The van der Waals surface area contributed by atoms with Gasteiger partial charge in [-0.1, -0.05) is 13.0 Å². The highest BCUT2D eigenvalue weighted by Gasteiger charge is 2.29. The summed E-state index contributed by atoms with van der Waals surface area (Å²) in [5.74, 6) is 0. The molecule has 0 aliphatic rings. The molecular formula is C15H22F3NS. The first kappa shape index (κ1) is 17.4. The maximum absolute atomic E-state index is 12.5. The van der Waals surface area contributed by atoms with Crippen molar-refractivity contribution >= 4 is 11.8 Å². The van der Waals surface area contributed by atoms with Crippen LogP contribution in [-0.4, -0.2) is 18.6 Å². The normalized spacial score (nSPS) is 13.5. The Bertz CT molecular complexity index is 418. The Morgan fingerprint density at radius 2 is 1.85 bits per heavy atom. The van der Waals surface area contributed by atoms with Gasteiger partial charge in [0, 0.05) is 10.9 Å². The lowest BCUT2D eigenvalue weighted by atomic mass is 10.0. The lowest BCUT2D eigenvalue weighted by Gasteiger charge is -2.12. The van der Waals surface area contributed by atoms with Gasteiger partial charge in [-0.05, 0) is 74.7 Å². The predicted molar refractivity (Wildman–Crippen MR) is 79.2 cm³/mol. The van der Waals surface area contributed by atoms with Gasteiger partial charge in [0.1, 0.15) is 0 Å². The van der Waals surface area contributed by atoms with Gasteiger partial charge in [0.05, 0.1) is 0 Å². The van der Waals surface area contributed by atoms with E-state index in [0.717, 1.165) is 36.8 Å². The summed E-state index contributed by atoms with van der Waals surface area (Å²) in [7, 11) is 1.92. The Labute approximate surface area is 123 Å². The number of rotatable bonds is 7. The van der Waals surface area contributed by atoms with Gasteiger partial charge in [-0.3, -0.25) is 0 Å². The highest BCUT2D eigenvalue weighted by Crippen LogP contribution is 2.37. The van der Waals surface area contributed by atoms with Crippen molar-refractivity contribution in [3.8, 4) is 0 Å². The second-order valence-corrected chi connectivity index (χ2v) is 6.11. The SMILES string of the molecule is CCc1cc(CCC[C@H](C)NC)cc(SC(F)(F)F)c1. The van der Waals surface area contributed by atoms with Crippen LogP contribution in [0.25, 0.3) is 0 Å². The highest BCUT2D eigenvalue weighted by molar-refractivity contribution is 8.00. The maximum Gasteiger partial charge on any atom is 0.446 e. The summed E-state index contributed by atoms with van der Waals surface area (Å²) in [6, 6.07) is 5.76. The molecule has 0 aliphatic heterocycles. The van der Waals surface area contributed by atoms with E-state index in [1.54, 1.807) is 12.1 Å². The summed E-state index contributed by atoms with van der Waals surface area (Å²) in [4.78, 5) is 0.300. The van der Waals surface area contributed by atoms with Crippen molar-refractivity contribution in [1.29, 1.82) is 0 Å². The van der Waals surface area contributed by atoms with Gasteiger partial charge < -0.3 is 5.32 Å². The number of benzene rings is 1. The first-order chi connectivity index (χ1) is 9.34. The van der Waals surface area contributed by atoms with E-state index in [4.69, 9.17) is 0 Å². The van der Waals surface area contributed by atoms with Gasteiger partial charge in [-0.25, -0.2) is 0 Å². The van der Waals surface area contributed by atoms with Gasteiger partial charge in [-0.2, -0.15) is 13.2 Å². The third kappa shape index (κ3) is 6.66. The lowest BCUT2D eigenvalue weighted by molar-refractivity contribution is -0.0328. The third-order valence-corrected chi connectivity index (χ3v) is 3.97. The average Bonchev–Trinajstić information content (AvgIpc) is 2.36. The Morgan fingerprint density at radius 3 is 2.40 bits per heavy atom. The van der Waals surface area contributed by atoms with Gasteiger partial charge >= 0.3 is 5.51 Å². The first-order valence-corrected chi connectivity index (χ1v) is 7.71. The summed E-state index contributed by atoms with van der Waals surface area (Å²) in [6.45, 7) is 4.07. The van der Waals surface area contributed by atoms with Crippen LogP contribution < -0.4 is 5.32 Å². The van der Waals surface area contributed by atoms with Crippen molar-refractivity contribution in [1.82, 2.24) is 5.32 Å². The summed E-state index contributed by atoms with van der Waals surface area (Å²) in [6.07, 6.45) is 3.58. The van der Waals surface area contributed by atoms with Gasteiger partial charge in [0.25, 0.3) is 0 Å². The number of aryl methyl sites for hydroxylation is 2. The highest BCUT2D eigenvalue weighted by atomic mass is 32.2. The average molecular weight is 305 g/mol. The van der Waals surface area contributed by atoms with Crippen LogP contribution in [0.4, 0.5) is 13.2 Å². The fourth-order valence-electron chi connectivity index (χ4n) is 2.03. The number of halogens is 3. The van der Waals surface area contributed by atoms with Crippen LogP contribution in [0.15, 0.2) is 23.1 Å². The quantitative estimate of drug-likeness (QED) is 0.727. The molecule has 1 rings (SSSR count). The molecule has 0 amide bonds. The Morgan fingerprint density at radius 1 is 1.20 bits per heavy atom. The van der Waals surface area contributed by atoms with Crippen molar-refractivity contribution in [2.75, 3.05) is 7.05 Å². The zero-order valence-electron chi connectivity index (χ0n) is 12.2. The largest absolute Gasteiger partial charge is 0.446 e. The molecule has 0 fully saturated rings. The molecule has 0 unspecified atom stereocenters. The maximum atomic E-state index is 12.5. The van der Waals surface area contributed by atoms with Crippen LogP contribution in [0.1, 0.15) is 37.8 Å². The van der Waals surface area contributed by atoms with Gasteiger partial charge in [0.15, 0.2) is 0 Å². The third-order valence-electron chi connectivity index (χ3n) is 3.26. The molecule has 1 atom stereocenters. The van der Waals surface area contributed by atoms with E-state index in [0.29, 0.717) is 10.9 Å². The minimum atomic E-state index is -4.22. The molecule has 0 aromatic heterocycles. The molecule has 1 nitrogen and oxygen atoms in total. The monoisotopic (exact) mass is 305 g/mol. The van der Waals surface area contributed by atoms with Gasteiger partial charge in [0.2, 0.25) is 0 Å². The molecule has 0 aliphatic carbocycles. The van der Waals surface area contributed by atoms with Crippen LogP contribution in [0, 0.1) is 0 Å². The first-order valence-electron chi connectivity index (χ1n) is 6.90. The van der Waals surface area contributed by atoms with E-state index in [-0.39, 0.29) is 11.8 Å². The van der Waals surface area contributed by atoms with E-state index in [1.807, 2.05) is 20.0 Å². The fourth-order valence-corrected chi connectivity index (χ4v) is 2.71. The number of alkyl halides is 3. The van der Waals surface area contributed by atoms with Crippen molar-refractivity contribution in [3.63, 3.8) is 0 Å². The van der Waals surface area contributed by atoms with Crippen molar-refractivity contribution in [3.05, 3.63) is 29.3 Å². The van der Waals surface area contributed by atoms with Crippen LogP contribution in [0.3, 0.4) is 0 Å². The van der Waals surface area contributed by atoms with E-state index >= 15 is 0 Å². The molecule has 1 N–H and O–H groups in total. The standard InChI is InChI=1S/C15H22F3NS/c1-4-12-8-13(7-5-6-11(2)19-3)10-14(9-12)20-15(16,17)18/h8-11,19H,4-7H2,1-3H3/t11-/m0/s1. The van der Waals surface area contributed by atoms with Crippen molar-refractivity contribution < 1.29 is 13.2 Å². The zero-order chi connectivity index (χ0) is 15.2. The number of hydrogen-bond donors (Lipinski definition) is 1. The molecule has 1 aromatic rings. The molecule has 5 heteroatoms. The second kappa shape index (κ2) is 7.93. The predicted octanol–water partition coefficient (Wildman–Crippen LogP) is 4.79. The smallest absolute Gasteiger partial charge is 0.317 e. The molecule has 0 saturated carbocycles. The Kier molecular flexibility index (Phi) is 6.89. The van der Waals surface area contributed by atoms with Crippen LogP contribution in [-0.2, 0) is 12.8 Å². The molecule has 0 radical (unpaired) electrons. The second-order valence-electron chi connectivity index (χ2n) is 4.97. The van der Waals surface area contributed by atoms with Crippen molar-refractivity contribution in [2.45, 2.75) is 56.0 Å². The molecule has 0 spiro atoms. The van der Waals surface area contributed by atoms with Crippen LogP contribution in [0.5, 0.6) is 0 Å². The van der Waals surface area contributed by atoms with E-state index < -0.39 is 5.51 Å². The summed E-state index contributed by atoms with van der Waals surface area (Å²) >= 11 is -0.0236. The minimum absolute atomic E-state index is 0.0236. The van der Waals surface area contributed by atoms with E-state index in [9.17, 15) is 13.2 Å². The van der Waals surface area contributed by atoms with E-state index in [1.165, 1.54) is 0 Å². The molecule has 0 heterocycles. The Balaban J connectivity index is 2.72. The zero-order valence-corrected chi connectivity index (χ0v) is 13.0. The number of nitrogens with one attached hydrogen (secondary N) is 1. The fraction of sp³-hybridized carbons (Fsp3) is 0.600. The minimum Gasteiger partial charge on any atom is -0.317 e. The van der Waals surface area contributed by atoms with Crippen molar-refractivity contribution in [2.24, 2.45) is 0 Å².